The van der Waals surface area contributed by atoms with Gasteiger partial charge in [-0.2, -0.15) is 5.10 Å². The second-order valence-electron chi connectivity index (χ2n) is 6.64. The number of halogens is 2. The van der Waals surface area contributed by atoms with Crippen LogP contribution in [0.15, 0.2) is 24.3 Å². The molecule has 0 unspecified atom stereocenters. The fourth-order valence-electron chi connectivity index (χ4n) is 3.16. The lowest BCUT2D eigenvalue weighted by atomic mass is 10.1. The Morgan fingerprint density at radius 1 is 1.12 bits per heavy atom. The fourth-order valence-corrected chi connectivity index (χ4v) is 3.60. The molecule has 25 heavy (non-hydrogen) atoms. The summed E-state index contributed by atoms with van der Waals surface area (Å²) in [5.74, 6) is 1.15. The van der Waals surface area contributed by atoms with Gasteiger partial charge in [0.1, 0.15) is 11.9 Å². The molecule has 1 saturated carbocycles. The second-order valence-corrected chi connectivity index (χ2v) is 7.45. The summed E-state index contributed by atoms with van der Waals surface area (Å²) >= 11 is 12.2. The molecular weight excluding hydrogens is 361 g/mol. The molecule has 0 bridgehead atoms. The highest BCUT2D eigenvalue weighted by atomic mass is 35.5. The van der Waals surface area contributed by atoms with E-state index >= 15 is 0 Å². The molecule has 1 N–H and O–H groups in total. The van der Waals surface area contributed by atoms with Crippen molar-refractivity contribution in [1.29, 1.82) is 0 Å². The number of amides is 1. The van der Waals surface area contributed by atoms with Gasteiger partial charge in [-0.1, -0.05) is 23.2 Å². The second kappa shape index (κ2) is 6.89. The summed E-state index contributed by atoms with van der Waals surface area (Å²) < 4.78 is 5.97. The van der Waals surface area contributed by atoms with Crippen LogP contribution in [-0.2, 0) is 0 Å². The van der Waals surface area contributed by atoms with Crippen molar-refractivity contribution in [1.82, 2.24) is 15.1 Å². The minimum absolute atomic E-state index is 0.0990. The van der Waals surface area contributed by atoms with Crippen molar-refractivity contribution in [3.05, 3.63) is 45.7 Å². The van der Waals surface area contributed by atoms with Crippen LogP contribution in [0.25, 0.3) is 0 Å². The van der Waals surface area contributed by atoms with E-state index in [9.17, 15) is 4.79 Å². The van der Waals surface area contributed by atoms with Crippen LogP contribution in [-0.4, -0.2) is 40.2 Å². The number of benzene rings is 1. The molecule has 1 aliphatic heterocycles. The Morgan fingerprint density at radius 3 is 2.44 bits per heavy atom. The molecular formula is C18H19Cl2N3O2. The largest absolute Gasteiger partial charge is 0.490 e. The molecule has 2 aromatic rings. The van der Waals surface area contributed by atoms with Crippen molar-refractivity contribution in [2.24, 2.45) is 0 Å². The lowest BCUT2D eigenvalue weighted by Gasteiger charge is -2.31. The van der Waals surface area contributed by atoms with E-state index in [1.165, 1.54) is 0 Å². The minimum Gasteiger partial charge on any atom is -0.490 e. The highest BCUT2D eigenvalue weighted by molar-refractivity contribution is 6.34. The zero-order valence-corrected chi connectivity index (χ0v) is 15.2. The minimum atomic E-state index is -0.0990. The van der Waals surface area contributed by atoms with Gasteiger partial charge in [-0.25, -0.2) is 0 Å². The SMILES string of the molecule is O=C(c1n[nH]c(C2CC2)c1Cl)N1CCC(Oc2ccc(Cl)cc2)CC1. The maximum Gasteiger partial charge on any atom is 0.275 e. The lowest BCUT2D eigenvalue weighted by Crippen LogP contribution is -2.42. The predicted molar refractivity (Wildman–Crippen MR) is 96.6 cm³/mol. The van der Waals surface area contributed by atoms with E-state index in [0.29, 0.717) is 34.7 Å². The normalized spacial score (nSPS) is 18.4. The van der Waals surface area contributed by atoms with Crippen LogP contribution in [0.2, 0.25) is 10.0 Å². The summed E-state index contributed by atoms with van der Waals surface area (Å²) in [4.78, 5) is 14.5. The van der Waals surface area contributed by atoms with Crippen molar-refractivity contribution < 1.29 is 9.53 Å². The van der Waals surface area contributed by atoms with Gasteiger partial charge in [0, 0.05) is 36.9 Å². The summed E-state index contributed by atoms with van der Waals surface area (Å²) in [5.41, 5.74) is 1.26. The lowest BCUT2D eigenvalue weighted by molar-refractivity contribution is 0.0590. The number of hydrogen-bond donors (Lipinski definition) is 1. The van der Waals surface area contributed by atoms with Crippen LogP contribution in [0.4, 0.5) is 0 Å². The first-order chi connectivity index (χ1) is 12.1. The Kier molecular flexibility index (Phi) is 4.61. The van der Waals surface area contributed by atoms with E-state index in [4.69, 9.17) is 27.9 Å². The molecule has 2 aliphatic rings. The van der Waals surface area contributed by atoms with Crippen molar-refractivity contribution in [3.63, 3.8) is 0 Å². The first-order valence-corrected chi connectivity index (χ1v) is 9.32. The highest BCUT2D eigenvalue weighted by Crippen LogP contribution is 2.43. The van der Waals surface area contributed by atoms with Crippen LogP contribution in [0, 0.1) is 0 Å². The number of likely N-dealkylation sites (tertiary alicyclic amines) is 1. The molecule has 1 aliphatic carbocycles. The molecule has 2 fully saturated rings. The molecule has 7 heteroatoms. The number of nitrogens with zero attached hydrogens (tertiary/aromatic N) is 2. The molecule has 5 nitrogen and oxygen atoms in total. The van der Waals surface area contributed by atoms with E-state index in [2.05, 4.69) is 10.2 Å². The topological polar surface area (TPSA) is 58.2 Å². The average molecular weight is 380 g/mol. The summed E-state index contributed by atoms with van der Waals surface area (Å²) in [6.07, 6.45) is 3.89. The fraction of sp³-hybridized carbons (Fsp3) is 0.444. The third kappa shape index (κ3) is 3.62. The standard InChI is InChI=1S/C18H19Cl2N3O2/c19-12-3-5-13(6-4-12)25-14-7-9-23(10-8-14)18(24)17-15(20)16(21-22-17)11-1-2-11/h3-6,11,14H,1-2,7-10H2,(H,21,22). The van der Waals surface area contributed by atoms with Crippen LogP contribution < -0.4 is 4.74 Å². The molecule has 1 aromatic heterocycles. The summed E-state index contributed by atoms with van der Waals surface area (Å²) in [6, 6.07) is 7.35. The number of carbonyl (C=O) groups is 1. The van der Waals surface area contributed by atoms with E-state index in [0.717, 1.165) is 37.1 Å². The van der Waals surface area contributed by atoms with Crippen LogP contribution >= 0.6 is 23.2 Å². The van der Waals surface area contributed by atoms with Gasteiger partial charge in [0.15, 0.2) is 5.69 Å². The van der Waals surface area contributed by atoms with E-state index in [1.807, 2.05) is 24.3 Å². The zero-order chi connectivity index (χ0) is 17.4. The maximum atomic E-state index is 12.7. The van der Waals surface area contributed by atoms with Gasteiger partial charge in [0.25, 0.3) is 5.91 Å². The number of ether oxygens (including phenoxy) is 1. The van der Waals surface area contributed by atoms with E-state index in [-0.39, 0.29) is 12.0 Å². The molecule has 0 spiro atoms. The first kappa shape index (κ1) is 16.7. The molecule has 2 heterocycles. The molecule has 1 amide bonds. The Hall–Kier alpha value is -1.72. The van der Waals surface area contributed by atoms with Gasteiger partial charge in [0.05, 0.1) is 10.7 Å². The predicted octanol–water partition coefficient (Wildman–Crippen LogP) is 4.28. The monoisotopic (exact) mass is 379 g/mol. The molecule has 4 rings (SSSR count). The highest BCUT2D eigenvalue weighted by Gasteiger charge is 2.33. The molecule has 132 valence electrons. The van der Waals surface area contributed by atoms with Crippen molar-refractivity contribution in [2.45, 2.75) is 37.7 Å². The molecule has 1 aromatic carbocycles. The van der Waals surface area contributed by atoms with Crippen molar-refractivity contribution >= 4 is 29.1 Å². The van der Waals surface area contributed by atoms with Gasteiger partial charge in [-0.05, 0) is 37.1 Å². The van der Waals surface area contributed by atoms with Crippen molar-refractivity contribution in [2.75, 3.05) is 13.1 Å². The van der Waals surface area contributed by atoms with Crippen molar-refractivity contribution in [3.8, 4) is 5.75 Å². The van der Waals surface area contributed by atoms with Gasteiger partial charge in [-0.3, -0.25) is 9.89 Å². The van der Waals surface area contributed by atoms with Crippen LogP contribution in [0.5, 0.6) is 5.75 Å². The van der Waals surface area contributed by atoms with E-state index < -0.39 is 0 Å². The molecule has 0 atom stereocenters. The third-order valence-electron chi connectivity index (χ3n) is 4.77. The average Bonchev–Trinajstić information content (AvgIpc) is 3.39. The zero-order valence-electron chi connectivity index (χ0n) is 13.7. The van der Waals surface area contributed by atoms with Gasteiger partial charge in [0.2, 0.25) is 0 Å². The Morgan fingerprint density at radius 2 is 1.80 bits per heavy atom. The van der Waals surface area contributed by atoms with Crippen LogP contribution in [0.1, 0.15) is 47.8 Å². The number of piperidine rings is 1. The molecule has 0 radical (unpaired) electrons. The summed E-state index contributed by atoms with van der Waals surface area (Å²) in [7, 11) is 0. The van der Waals surface area contributed by atoms with Gasteiger partial charge in [-0.15, -0.1) is 0 Å². The van der Waals surface area contributed by atoms with E-state index in [1.54, 1.807) is 4.90 Å². The Bertz CT molecular complexity index is 763. The summed E-state index contributed by atoms with van der Waals surface area (Å²) in [5, 5.41) is 8.27. The number of aromatic amines is 1. The number of hydrogen-bond acceptors (Lipinski definition) is 3. The van der Waals surface area contributed by atoms with Gasteiger partial charge >= 0.3 is 0 Å². The van der Waals surface area contributed by atoms with Gasteiger partial charge < -0.3 is 9.64 Å². The first-order valence-electron chi connectivity index (χ1n) is 8.57. The Labute approximate surface area is 156 Å². The summed E-state index contributed by atoms with van der Waals surface area (Å²) in [6.45, 7) is 1.28. The third-order valence-corrected chi connectivity index (χ3v) is 5.40. The Balaban J connectivity index is 1.35. The van der Waals surface area contributed by atoms with Crippen LogP contribution in [0.3, 0.4) is 0 Å². The number of nitrogens with one attached hydrogen (secondary N) is 1. The number of H-pyrrole nitrogens is 1. The number of rotatable bonds is 4. The number of aromatic nitrogens is 2. The smallest absolute Gasteiger partial charge is 0.275 e. The maximum absolute atomic E-state index is 12.7. The number of carbonyl (C=O) groups excluding carboxylic acids is 1. The quantitative estimate of drug-likeness (QED) is 0.862. The molecule has 1 saturated heterocycles.